The van der Waals surface area contributed by atoms with Crippen molar-refractivity contribution in [1.82, 2.24) is 19.7 Å². The van der Waals surface area contributed by atoms with Crippen LogP contribution in [0.15, 0.2) is 48.7 Å². The van der Waals surface area contributed by atoms with Gasteiger partial charge in [-0.2, -0.15) is 5.10 Å². The molecular weight excluding hydrogens is 350 g/mol. The van der Waals surface area contributed by atoms with Gasteiger partial charge < -0.3 is 5.73 Å². The molecule has 28 heavy (non-hydrogen) atoms. The Morgan fingerprint density at radius 1 is 1.11 bits per heavy atom. The highest BCUT2D eigenvalue weighted by molar-refractivity contribution is 6.01. The molecule has 6 nitrogen and oxygen atoms in total. The molecule has 1 aromatic carbocycles. The molecule has 1 aliphatic heterocycles. The summed E-state index contributed by atoms with van der Waals surface area (Å²) in [7, 11) is 0. The maximum Gasteiger partial charge on any atom is 0.248 e. The Morgan fingerprint density at radius 3 is 2.82 bits per heavy atom. The topological polar surface area (TPSA) is 86.7 Å². The van der Waals surface area contributed by atoms with E-state index in [4.69, 9.17) is 15.8 Å². The molecule has 0 spiro atoms. The van der Waals surface area contributed by atoms with Gasteiger partial charge in [0.1, 0.15) is 5.69 Å². The molecule has 1 aliphatic rings. The summed E-state index contributed by atoms with van der Waals surface area (Å²) in [5.74, 6) is -0.448. The zero-order valence-electron chi connectivity index (χ0n) is 15.5. The van der Waals surface area contributed by atoms with E-state index in [1.54, 1.807) is 18.3 Å². The summed E-state index contributed by atoms with van der Waals surface area (Å²) in [6, 6.07) is 13.5. The van der Waals surface area contributed by atoms with E-state index >= 15 is 0 Å². The number of benzene rings is 1. The minimum atomic E-state index is -0.448. The number of fused-ring (bicyclic) bond motifs is 2. The SMILES string of the molecule is Cc1cc(-c2ccnc3ccc(C(N)=O)cc23)cc(-c2cc3n(n2)CCC3)n1. The van der Waals surface area contributed by atoms with Gasteiger partial charge in [0.15, 0.2) is 0 Å². The van der Waals surface area contributed by atoms with Crippen LogP contribution < -0.4 is 5.73 Å². The molecule has 0 unspecified atom stereocenters. The van der Waals surface area contributed by atoms with E-state index in [0.29, 0.717) is 5.56 Å². The number of primary amides is 1. The van der Waals surface area contributed by atoms with E-state index < -0.39 is 5.91 Å². The monoisotopic (exact) mass is 369 g/mol. The minimum absolute atomic E-state index is 0.448. The summed E-state index contributed by atoms with van der Waals surface area (Å²) in [5, 5.41) is 5.61. The average Bonchev–Trinajstić information content (AvgIpc) is 3.28. The van der Waals surface area contributed by atoms with Gasteiger partial charge in [0, 0.05) is 35.1 Å². The van der Waals surface area contributed by atoms with Gasteiger partial charge in [0.05, 0.1) is 11.2 Å². The highest BCUT2D eigenvalue weighted by atomic mass is 16.1. The third kappa shape index (κ3) is 2.74. The van der Waals surface area contributed by atoms with Crippen molar-refractivity contribution in [1.29, 1.82) is 0 Å². The summed E-state index contributed by atoms with van der Waals surface area (Å²) >= 11 is 0. The predicted molar refractivity (Wildman–Crippen MR) is 108 cm³/mol. The fourth-order valence-corrected chi connectivity index (χ4v) is 3.89. The number of hydrogen-bond acceptors (Lipinski definition) is 4. The first kappa shape index (κ1) is 16.6. The van der Waals surface area contributed by atoms with Crippen LogP contribution in [-0.4, -0.2) is 25.7 Å². The Bertz CT molecular complexity index is 1220. The van der Waals surface area contributed by atoms with E-state index in [0.717, 1.165) is 58.5 Å². The lowest BCUT2D eigenvalue weighted by atomic mass is 9.98. The Labute approximate surface area is 162 Å². The van der Waals surface area contributed by atoms with Crippen LogP contribution >= 0.6 is 0 Å². The Kier molecular flexibility index (Phi) is 3.72. The largest absolute Gasteiger partial charge is 0.366 e. The van der Waals surface area contributed by atoms with Gasteiger partial charge in [-0.25, -0.2) is 0 Å². The highest BCUT2D eigenvalue weighted by Crippen LogP contribution is 2.31. The fourth-order valence-electron chi connectivity index (χ4n) is 3.89. The average molecular weight is 369 g/mol. The van der Waals surface area contributed by atoms with E-state index in [2.05, 4.69) is 21.8 Å². The molecule has 3 aromatic heterocycles. The third-order valence-corrected chi connectivity index (χ3v) is 5.22. The molecule has 0 saturated carbocycles. The van der Waals surface area contributed by atoms with Crippen LogP contribution in [0, 0.1) is 6.92 Å². The Balaban J connectivity index is 1.68. The number of pyridine rings is 2. The van der Waals surface area contributed by atoms with Gasteiger partial charge in [0.25, 0.3) is 0 Å². The van der Waals surface area contributed by atoms with Crippen molar-refractivity contribution in [3.8, 4) is 22.5 Å². The summed E-state index contributed by atoms with van der Waals surface area (Å²) in [6.07, 6.45) is 4.00. The molecule has 0 saturated heterocycles. The van der Waals surface area contributed by atoms with Crippen molar-refractivity contribution < 1.29 is 4.79 Å². The summed E-state index contributed by atoms with van der Waals surface area (Å²) in [4.78, 5) is 20.8. The molecular formula is C22H19N5O. The Hall–Kier alpha value is -3.54. The first-order valence-corrected chi connectivity index (χ1v) is 9.33. The van der Waals surface area contributed by atoms with Crippen molar-refractivity contribution in [2.75, 3.05) is 0 Å². The molecule has 0 radical (unpaired) electrons. The van der Waals surface area contributed by atoms with Crippen molar-refractivity contribution >= 4 is 16.8 Å². The normalized spacial score (nSPS) is 13.0. The van der Waals surface area contributed by atoms with E-state index in [9.17, 15) is 4.79 Å². The van der Waals surface area contributed by atoms with Gasteiger partial charge in [-0.3, -0.25) is 19.4 Å². The van der Waals surface area contributed by atoms with Gasteiger partial charge in [-0.1, -0.05) is 0 Å². The van der Waals surface area contributed by atoms with Gasteiger partial charge in [-0.15, -0.1) is 0 Å². The molecule has 0 aliphatic carbocycles. The number of nitrogens with two attached hydrogens (primary N) is 1. The molecule has 0 atom stereocenters. The lowest BCUT2D eigenvalue weighted by Crippen LogP contribution is -2.10. The van der Waals surface area contributed by atoms with Crippen molar-refractivity contribution in [3.05, 3.63) is 65.6 Å². The number of carbonyl (C=O) groups excluding carboxylic acids is 1. The van der Waals surface area contributed by atoms with Crippen molar-refractivity contribution in [3.63, 3.8) is 0 Å². The van der Waals surface area contributed by atoms with E-state index in [-0.39, 0.29) is 0 Å². The quantitative estimate of drug-likeness (QED) is 0.599. The molecule has 138 valence electrons. The number of amides is 1. The van der Waals surface area contributed by atoms with Gasteiger partial charge >= 0.3 is 0 Å². The lowest BCUT2D eigenvalue weighted by Gasteiger charge is -2.10. The number of nitrogens with zero attached hydrogens (tertiary/aromatic N) is 4. The fraction of sp³-hybridized carbons (Fsp3) is 0.182. The van der Waals surface area contributed by atoms with E-state index in [1.165, 1.54) is 5.69 Å². The third-order valence-electron chi connectivity index (χ3n) is 5.22. The van der Waals surface area contributed by atoms with Crippen molar-refractivity contribution in [2.45, 2.75) is 26.3 Å². The number of aromatic nitrogens is 4. The van der Waals surface area contributed by atoms with E-state index in [1.807, 2.05) is 25.1 Å². The molecule has 2 N–H and O–H groups in total. The first-order valence-electron chi connectivity index (χ1n) is 9.33. The Morgan fingerprint density at radius 2 is 2.00 bits per heavy atom. The molecule has 4 heterocycles. The molecule has 5 rings (SSSR count). The predicted octanol–water partition coefficient (Wildman–Crippen LogP) is 3.51. The van der Waals surface area contributed by atoms with Crippen LogP contribution in [0.3, 0.4) is 0 Å². The van der Waals surface area contributed by atoms with Crippen LogP contribution in [0.2, 0.25) is 0 Å². The second-order valence-corrected chi connectivity index (χ2v) is 7.18. The maximum atomic E-state index is 11.6. The molecule has 6 heteroatoms. The molecule has 4 aromatic rings. The second-order valence-electron chi connectivity index (χ2n) is 7.18. The number of aryl methyl sites for hydroxylation is 3. The van der Waals surface area contributed by atoms with Gasteiger partial charge in [-0.05, 0) is 73.4 Å². The van der Waals surface area contributed by atoms with Crippen molar-refractivity contribution in [2.24, 2.45) is 5.73 Å². The lowest BCUT2D eigenvalue weighted by molar-refractivity contribution is 0.100. The first-order chi connectivity index (χ1) is 13.6. The molecule has 0 fully saturated rings. The minimum Gasteiger partial charge on any atom is -0.366 e. The van der Waals surface area contributed by atoms with Gasteiger partial charge in [0.2, 0.25) is 5.91 Å². The summed E-state index contributed by atoms with van der Waals surface area (Å²) in [6.45, 7) is 2.95. The van der Waals surface area contributed by atoms with Crippen LogP contribution in [0.4, 0.5) is 0 Å². The highest BCUT2D eigenvalue weighted by Gasteiger charge is 2.17. The number of hydrogen-bond donors (Lipinski definition) is 1. The zero-order valence-corrected chi connectivity index (χ0v) is 15.5. The van der Waals surface area contributed by atoms with Crippen LogP contribution in [-0.2, 0) is 13.0 Å². The summed E-state index contributed by atoms with van der Waals surface area (Å²) in [5.41, 5.74) is 12.7. The molecule has 0 bridgehead atoms. The smallest absolute Gasteiger partial charge is 0.248 e. The number of carbonyl (C=O) groups is 1. The summed E-state index contributed by atoms with van der Waals surface area (Å²) < 4.78 is 2.07. The molecule has 1 amide bonds. The number of rotatable bonds is 3. The maximum absolute atomic E-state index is 11.6. The second kappa shape index (κ2) is 6.27. The van der Waals surface area contributed by atoms with Crippen LogP contribution in [0.5, 0.6) is 0 Å². The van der Waals surface area contributed by atoms with Crippen LogP contribution in [0.25, 0.3) is 33.4 Å². The zero-order chi connectivity index (χ0) is 19.3. The standard InChI is InChI=1S/C22H19N5O/c1-13-9-15(11-20(25-13)21-12-16-3-2-8-27(16)26-21)17-6-7-24-19-5-4-14(22(23)28)10-18(17)19/h4-7,9-12H,2-3,8H2,1H3,(H2,23,28). The van der Waals surface area contributed by atoms with Crippen LogP contribution in [0.1, 0.15) is 28.2 Å².